The van der Waals surface area contributed by atoms with Crippen molar-refractivity contribution in [2.45, 2.75) is 65.7 Å². The van der Waals surface area contributed by atoms with Gasteiger partial charge in [0.05, 0.1) is 0 Å². The van der Waals surface area contributed by atoms with E-state index in [-0.39, 0.29) is 24.7 Å². The quantitative estimate of drug-likeness (QED) is 0.150. The van der Waals surface area contributed by atoms with Crippen LogP contribution in [-0.2, 0) is 14.3 Å². The Hall–Kier alpha value is -2.03. The molecule has 0 heterocycles. The Morgan fingerprint density at radius 2 is 1.65 bits per heavy atom. The average Bonchev–Trinajstić information content (AvgIpc) is 2.65. The van der Waals surface area contributed by atoms with Crippen molar-refractivity contribution in [3.05, 3.63) is 12.7 Å². The van der Waals surface area contributed by atoms with Crippen LogP contribution in [0.4, 0.5) is 9.59 Å². The van der Waals surface area contributed by atoms with Crippen molar-refractivity contribution in [3.63, 3.8) is 0 Å². The van der Waals surface area contributed by atoms with Gasteiger partial charge in [0.25, 0.3) is 0 Å². The molecule has 0 aromatic carbocycles. The molecule has 0 aliphatic heterocycles. The monoisotopic (exact) mass is 457 g/mol. The number of urea groups is 1. The Bertz CT molecular complexity index is 576. The summed E-state index contributed by atoms with van der Waals surface area (Å²) in [5.41, 5.74) is -0.118. The van der Waals surface area contributed by atoms with Crippen LogP contribution in [0.15, 0.2) is 12.7 Å². The van der Waals surface area contributed by atoms with Crippen molar-refractivity contribution >= 4 is 26.2 Å². The van der Waals surface area contributed by atoms with Crippen LogP contribution < -0.4 is 16.0 Å². The molecule has 0 fully saturated rings. The third kappa shape index (κ3) is 18.5. The third-order valence-electron chi connectivity index (χ3n) is 4.65. The summed E-state index contributed by atoms with van der Waals surface area (Å²) in [5.74, 6) is -0.161. The van der Waals surface area contributed by atoms with Crippen LogP contribution in [0.3, 0.4) is 0 Å². The van der Waals surface area contributed by atoms with Crippen LogP contribution in [0.1, 0.15) is 40.0 Å². The number of nitrogens with one attached hydrogen (secondary N) is 3. The Morgan fingerprint density at radius 1 is 1.03 bits per heavy atom. The number of rotatable bonds is 15. The van der Waals surface area contributed by atoms with E-state index >= 15 is 0 Å². The number of hydrogen-bond acceptors (Lipinski definition) is 5. The summed E-state index contributed by atoms with van der Waals surface area (Å²) in [4.78, 5) is 34.5. The van der Waals surface area contributed by atoms with Crippen molar-refractivity contribution in [3.8, 4) is 0 Å². The third-order valence-corrected chi connectivity index (χ3v) is 6.51. The number of esters is 1. The lowest BCUT2D eigenvalue weighted by Gasteiger charge is -2.28. The Kier molecular flexibility index (Phi) is 13.9. The van der Waals surface area contributed by atoms with Gasteiger partial charge in [0.2, 0.25) is 0 Å². The predicted octanol–water partition coefficient (Wildman–Crippen LogP) is 3.91. The fraction of sp³-hybridized carbons (Fsp3) is 0.773. The minimum Gasteiger partial charge on any atom is -0.459 e. The van der Waals surface area contributed by atoms with Gasteiger partial charge >= 0.3 is 18.1 Å². The largest absolute Gasteiger partial charge is 0.459 e. The van der Waals surface area contributed by atoms with Gasteiger partial charge in [-0.2, -0.15) is 0 Å². The highest BCUT2D eigenvalue weighted by Gasteiger charge is 2.22. The number of hydrogen-bond donors (Lipinski definition) is 3. The number of ether oxygens (including phenoxy) is 2. The molecule has 31 heavy (non-hydrogen) atoms. The van der Waals surface area contributed by atoms with E-state index in [1.54, 1.807) is 0 Å². The Labute approximate surface area is 188 Å². The van der Waals surface area contributed by atoms with E-state index in [0.717, 1.165) is 31.9 Å². The van der Waals surface area contributed by atoms with Gasteiger partial charge < -0.3 is 25.4 Å². The first-order valence-corrected chi connectivity index (χ1v) is 14.8. The molecule has 9 heteroatoms. The SMILES string of the molecule is C=CC(=O)OCCOC(=O)NCC(C)(C)CC(C)CCNC(=O)NCCC[Si](C)(C)C. The van der Waals surface area contributed by atoms with E-state index in [1.165, 1.54) is 6.04 Å². The zero-order valence-corrected chi connectivity index (χ0v) is 21.3. The first-order chi connectivity index (χ1) is 14.3. The molecule has 0 rings (SSSR count). The molecule has 3 amide bonds. The minimum atomic E-state index is -1.05. The molecular weight excluding hydrogens is 414 g/mol. The first kappa shape index (κ1) is 29.0. The molecule has 1 unspecified atom stereocenters. The van der Waals surface area contributed by atoms with Crippen LogP contribution >= 0.6 is 0 Å². The summed E-state index contributed by atoms with van der Waals surface area (Å²) in [7, 11) is -1.05. The van der Waals surface area contributed by atoms with Gasteiger partial charge in [0.15, 0.2) is 0 Å². The van der Waals surface area contributed by atoms with Gasteiger partial charge in [-0.15, -0.1) is 0 Å². The molecule has 0 aromatic rings. The summed E-state index contributed by atoms with van der Waals surface area (Å²) in [6.45, 7) is 18.4. The summed E-state index contributed by atoms with van der Waals surface area (Å²) in [6, 6.07) is 1.11. The van der Waals surface area contributed by atoms with Crippen molar-refractivity contribution in [1.29, 1.82) is 0 Å². The zero-order valence-electron chi connectivity index (χ0n) is 20.3. The fourth-order valence-electron chi connectivity index (χ4n) is 3.13. The lowest BCUT2D eigenvalue weighted by Crippen LogP contribution is -2.38. The second-order valence-corrected chi connectivity index (χ2v) is 15.6. The van der Waals surface area contributed by atoms with E-state index in [2.05, 4.69) is 62.9 Å². The molecule has 3 N–H and O–H groups in total. The molecule has 0 saturated heterocycles. The predicted molar refractivity (Wildman–Crippen MR) is 127 cm³/mol. The van der Waals surface area contributed by atoms with Gasteiger partial charge in [-0.25, -0.2) is 14.4 Å². The molecule has 0 aromatic heterocycles. The highest BCUT2D eigenvalue weighted by molar-refractivity contribution is 6.76. The number of amides is 3. The molecular formula is C22H43N3O5Si. The van der Waals surface area contributed by atoms with E-state index < -0.39 is 20.1 Å². The van der Waals surface area contributed by atoms with Gasteiger partial charge in [-0.1, -0.05) is 53.0 Å². The van der Waals surface area contributed by atoms with Crippen molar-refractivity contribution < 1.29 is 23.9 Å². The highest BCUT2D eigenvalue weighted by atomic mass is 28.3. The van der Waals surface area contributed by atoms with E-state index in [1.807, 2.05) is 0 Å². The topological polar surface area (TPSA) is 106 Å². The average molecular weight is 458 g/mol. The molecule has 0 bridgehead atoms. The Balaban J connectivity index is 3.93. The van der Waals surface area contributed by atoms with Crippen LogP contribution in [-0.4, -0.2) is 59.0 Å². The van der Waals surface area contributed by atoms with Crippen molar-refractivity contribution in [2.24, 2.45) is 11.3 Å². The van der Waals surface area contributed by atoms with Gasteiger partial charge in [-0.05, 0) is 30.6 Å². The van der Waals surface area contributed by atoms with E-state index in [0.29, 0.717) is 19.0 Å². The van der Waals surface area contributed by atoms with Crippen molar-refractivity contribution in [2.75, 3.05) is 32.8 Å². The summed E-state index contributed by atoms with van der Waals surface area (Å²) < 4.78 is 9.71. The smallest absolute Gasteiger partial charge is 0.407 e. The molecule has 8 nitrogen and oxygen atoms in total. The molecule has 0 aliphatic carbocycles. The Morgan fingerprint density at radius 3 is 2.26 bits per heavy atom. The maximum absolute atomic E-state index is 11.9. The fourth-order valence-corrected chi connectivity index (χ4v) is 4.37. The summed E-state index contributed by atoms with van der Waals surface area (Å²) >= 11 is 0. The van der Waals surface area contributed by atoms with E-state index in [4.69, 9.17) is 9.47 Å². The van der Waals surface area contributed by atoms with Crippen LogP contribution in [0.25, 0.3) is 0 Å². The normalized spacial score (nSPS) is 12.5. The van der Waals surface area contributed by atoms with Gasteiger partial charge in [0.1, 0.15) is 13.2 Å². The maximum Gasteiger partial charge on any atom is 0.407 e. The molecule has 180 valence electrons. The molecule has 0 aliphatic rings. The van der Waals surface area contributed by atoms with Crippen LogP contribution in [0.2, 0.25) is 25.7 Å². The molecule has 0 saturated carbocycles. The first-order valence-electron chi connectivity index (χ1n) is 11.1. The molecule has 1 atom stereocenters. The lowest BCUT2D eigenvalue weighted by molar-refractivity contribution is -0.138. The van der Waals surface area contributed by atoms with Gasteiger partial charge in [0, 0.05) is 33.8 Å². The maximum atomic E-state index is 11.9. The molecule has 0 radical (unpaired) electrons. The summed E-state index contributed by atoms with van der Waals surface area (Å²) in [6.07, 6.45) is 3.31. The standard InChI is InChI=1S/C22H43N3O5Si/c1-8-19(26)29-13-14-30-21(28)25-17-22(3,4)16-18(2)10-12-24-20(27)23-11-9-15-31(5,6)7/h8,18H,1,9-17H2,2-7H3,(H,25,28)(H2,23,24,27). The number of carbonyl (C=O) groups is 3. The number of alkyl carbamates (subject to hydrolysis) is 1. The summed E-state index contributed by atoms with van der Waals surface area (Å²) in [5, 5.41) is 8.58. The van der Waals surface area contributed by atoms with Crippen LogP contribution in [0.5, 0.6) is 0 Å². The molecule has 0 spiro atoms. The van der Waals surface area contributed by atoms with E-state index in [9.17, 15) is 14.4 Å². The van der Waals surface area contributed by atoms with Crippen LogP contribution in [0, 0.1) is 11.3 Å². The minimum absolute atomic E-state index is 0.00239. The number of carbonyl (C=O) groups excluding carboxylic acids is 3. The highest BCUT2D eigenvalue weighted by Crippen LogP contribution is 2.26. The second kappa shape index (κ2) is 14.9. The zero-order chi connectivity index (χ0) is 23.9. The van der Waals surface area contributed by atoms with Gasteiger partial charge in [-0.3, -0.25) is 0 Å². The lowest BCUT2D eigenvalue weighted by atomic mass is 9.82. The second-order valence-electron chi connectivity index (χ2n) is 9.97. The van der Waals surface area contributed by atoms with Crippen molar-refractivity contribution in [1.82, 2.24) is 16.0 Å².